The van der Waals surface area contributed by atoms with Crippen LogP contribution in [0.1, 0.15) is 75.5 Å². The number of benzene rings is 5. The first-order valence-electron chi connectivity index (χ1n) is 26.4. The zero-order chi connectivity index (χ0) is 51.1. The molecule has 2 atom stereocenters. The Morgan fingerprint density at radius 3 is 1.28 bits per heavy atom. The second kappa shape index (κ2) is 31.4. The van der Waals surface area contributed by atoms with Crippen molar-refractivity contribution < 1.29 is 0 Å². The van der Waals surface area contributed by atoms with Crippen LogP contribution in [0, 0.1) is 0 Å². The van der Waals surface area contributed by atoms with Crippen molar-refractivity contribution in [1.82, 2.24) is 49.1 Å². The monoisotopic (exact) mass is 1180 g/mol. The first-order valence-corrected chi connectivity index (χ1v) is 27.2. The first kappa shape index (κ1) is 62.6. The lowest BCUT2D eigenvalue weighted by atomic mass is 9.77. The van der Waals surface area contributed by atoms with Crippen LogP contribution in [0.3, 0.4) is 0 Å². The number of hydrogen-bond acceptors (Lipinski definition) is 8. The number of rotatable bonds is 18. The van der Waals surface area contributed by atoms with E-state index in [1.807, 2.05) is 61.3 Å². The van der Waals surface area contributed by atoms with Gasteiger partial charge in [-0.15, -0.1) is 49.6 Å². The van der Waals surface area contributed by atoms with Crippen molar-refractivity contribution in [3.63, 3.8) is 0 Å². The molecule has 2 unspecified atom stereocenters. The Kier molecular flexibility index (Phi) is 24.9. The Morgan fingerprint density at radius 1 is 0.468 bits per heavy atom. The Hall–Kier alpha value is -5.60. The fourth-order valence-electron chi connectivity index (χ4n) is 11.1. The number of pyridine rings is 2. The van der Waals surface area contributed by atoms with Crippen molar-refractivity contribution in [3.05, 3.63) is 274 Å². The lowest BCUT2D eigenvalue weighted by Gasteiger charge is -2.39. The van der Waals surface area contributed by atoms with E-state index in [1.165, 1.54) is 33.5 Å². The van der Waals surface area contributed by atoms with Gasteiger partial charge in [0, 0.05) is 92.9 Å². The SMILES string of the molecule is Cl.Cl.Cl.Cl.Clc1ccc(C(c2ccccn2)N2CCN(CCCc3cn(C(c4ccccc4)(c4ccccc4)c4ccccc4)cn3)CC2)cc1.Clc1ccc(C(c2ccccn2)N2CCN(CCCc3cnc[nH]3)CC2)cc1. The van der Waals surface area contributed by atoms with Crippen molar-refractivity contribution in [2.24, 2.45) is 0 Å². The van der Waals surface area contributed by atoms with Crippen molar-refractivity contribution in [2.75, 3.05) is 65.4 Å². The van der Waals surface area contributed by atoms with Crippen LogP contribution < -0.4 is 0 Å². The lowest BCUT2D eigenvalue weighted by molar-refractivity contribution is 0.107. The summed E-state index contributed by atoms with van der Waals surface area (Å²) in [4.78, 5) is 31.9. The summed E-state index contributed by atoms with van der Waals surface area (Å²) in [5, 5.41) is 1.53. The molecule has 0 spiro atoms. The third-order valence-corrected chi connectivity index (χ3v) is 15.3. The molecule has 0 saturated carbocycles. The summed E-state index contributed by atoms with van der Waals surface area (Å²) in [6.07, 6.45) is 15.9. The minimum Gasteiger partial charge on any atom is -0.348 e. The maximum Gasteiger partial charge on any atom is 0.121 e. The Bertz CT molecular complexity index is 2960. The fourth-order valence-corrected chi connectivity index (χ4v) is 11.3. The average Bonchev–Trinajstić information content (AvgIpc) is 4.27. The maximum absolute atomic E-state index is 6.23. The molecule has 9 aromatic rings. The normalized spacial score (nSPS) is 14.9. The van der Waals surface area contributed by atoms with Crippen molar-refractivity contribution in [1.29, 1.82) is 0 Å². The first-order chi connectivity index (χ1) is 37.0. The zero-order valence-electron chi connectivity index (χ0n) is 44.2. The summed E-state index contributed by atoms with van der Waals surface area (Å²) in [7, 11) is 0. The number of imidazole rings is 2. The molecule has 2 aliphatic rings. The molecule has 0 aliphatic carbocycles. The second-order valence-electron chi connectivity index (χ2n) is 19.5. The highest BCUT2D eigenvalue weighted by molar-refractivity contribution is 6.30. The molecule has 0 amide bonds. The van der Waals surface area contributed by atoms with Gasteiger partial charge in [0.1, 0.15) is 5.54 Å². The van der Waals surface area contributed by atoms with E-state index in [1.54, 1.807) is 6.33 Å². The highest BCUT2D eigenvalue weighted by Gasteiger charge is 2.38. The van der Waals surface area contributed by atoms with E-state index in [-0.39, 0.29) is 61.7 Å². The molecule has 11 rings (SSSR count). The van der Waals surface area contributed by atoms with Gasteiger partial charge in [0.2, 0.25) is 0 Å². The third kappa shape index (κ3) is 15.9. The standard InChI is InChI=1S/C41H40ClN5.C22H26ClN5.4ClH/c42-37-23-21-33(22-24-37)40(39-20-10-11-25-43-39)46-29-27-45(28-30-46)26-12-19-38-31-47(32-44-38)41(34-13-4-1-5-14-34,35-15-6-2-7-16-35)36-17-8-3-9-18-36;23-19-8-6-18(7-9-19)22(21-5-1-2-10-25-21)28-14-12-27(13-15-28)11-3-4-20-16-24-17-26-20;;;;/h1-11,13-18,20-25,31-32,40H,12,19,26-30H2;1-2,5-10,16-17,22H,3-4,11-15H2,(H,24,26);4*1H. The smallest absolute Gasteiger partial charge is 0.121 e. The largest absolute Gasteiger partial charge is 0.348 e. The Labute approximate surface area is 501 Å². The van der Waals surface area contributed by atoms with Gasteiger partial charge in [-0.2, -0.15) is 0 Å². The van der Waals surface area contributed by atoms with Crippen LogP contribution in [-0.4, -0.2) is 115 Å². The van der Waals surface area contributed by atoms with Crippen molar-refractivity contribution in [3.8, 4) is 0 Å². The molecule has 2 fully saturated rings. The van der Waals surface area contributed by atoms with Gasteiger partial charge in [-0.1, -0.05) is 151 Å². The van der Waals surface area contributed by atoms with E-state index < -0.39 is 5.54 Å². The van der Waals surface area contributed by atoms with E-state index in [0.717, 1.165) is 118 Å². The molecule has 2 aliphatic heterocycles. The average molecular weight is 1180 g/mol. The van der Waals surface area contributed by atoms with Crippen LogP contribution in [0.25, 0.3) is 0 Å². The molecule has 4 aromatic heterocycles. The minimum atomic E-state index is -0.528. The van der Waals surface area contributed by atoms with Gasteiger partial charge in [-0.05, 0) is 115 Å². The molecule has 414 valence electrons. The van der Waals surface area contributed by atoms with Crippen molar-refractivity contribution >= 4 is 72.8 Å². The number of H-pyrrole nitrogens is 1. The second-order valence-corrected chi connectivity index (χ2v) is 20.4. The van der Waals surface area contributed by atoms with Gasteiger partial charge < -0.3 is 19.4 Å². The zero-order valence-corrected chi connectivity index (χ0v) is 49.0. The van der Waals surface area contributed by atoms with Crippen LogP contribution >= 0.6 is 72.8 Å². The summed E-state index contributed by atoms with van der Waals surface area (Å²) in [5.41, 5.74) is 10.1. The number of aromatic nitrogens is 6. The lowest BCUT2D eigenvalue weighted by Crippen LogP contribution is -2.48. The maximum atomic E-state index is 6.23. The molecule has 0 bridgehead atoms. The van der Waals surface area contributed by atoms with E-state index >= 15 is 0 Å². The van der Waals surface area contributed by atoms with Gasteiger partial charge in [-0.3, -0.25) is 19.8 Å². The third-order valence-electron chi connectivity index (χ3n) is 14.8. The molecule has 6 heterocycles. The topological polar surface area (TPSA) is 85.2 Å². The minimum absolute atomic E-state index is 0. The molecule has 0 radical (unpaired) electrons. The summed E-state index contributed by atoms with van der Waals surface area (Å²) in [6.45, 7) is 10.5. The Balaban J connectivity index is 0.000000272. The van der Waals surface area contributed by atoms with Gasteiger partial charge >= 0.3 is 0 Å². The van der Waals surface area contributed by atoms with E-state index in [9.17, 15) is 0 Å². The number of nitrogens with zero attached hydrogens (tertiary/aromatic N) is 9. The number of nitrogens with one attached hydrogen (secondary N) is 1. The van der Waals surface area contributed by atoms with E-state index in [4.69, 9.17) is 33.2 Å². The molecular weight excluding hydrogens is 1110 g/mol. The number of aromatic amines is 1. The fraction of sp³-hybridized carbons (Fsp3) is 0.270. The van der Waals surface area contributed by atoms with Crippen LogP contribution in [-0.2, 0) is 18.4 Å². The molecule has 16 heteroatoms. The van der Waals surface area contributed by atoms with Crippen LogP contribution in [0.5, 0.6) is 0 Å². The number of halogens is 6. The quantitative estimate of drug-likeness (QED) is 0.0851. The molecule has 2 saturated heterocycles. The number of hydrogen-bond donors (Lipinski definition) is 1. The summed E-state index contributed by atoms with van der Waals surface area (Å²) < 4.78 is 2.32. The molecule has 79 heavy (non-hydrogen) atoms. The number of aryl methyl sites for hydroxylation is 2. The number of piperazine rings is 2. The van der Waals surface area contributed by atoms with Gasteiger partial charge in [0.05, 0.1) is 41.8 Å². The summed E-state index contributed by atoms with van der Waals surface area (Å²) in [6, 6.07) is 61.4. The molecule has 1 N–H and O–H groups in total. The Morgan fingerprint density at radius 2 is 0.886 bits per heavy atom. The molecular formula is C63H70Cl6N10. The van der Waals surface area contributed by atoms with Crippen LogP contribution in [0.4, 0.5) is 0 Å². The predicted octanol–water partition coefficient (Wildman–Crippen LogP) is 13.6. The van der Waals surface area contributed by atoms with E-state index in [0.29, 0.717) is 0 Å². The van der Waals surface area contributed by atoms with Crippen LogP contribution in [0.15, 0.2) is 213 Å². The predicted molar refractivity (Wildman–Crippen MR) is 332 cm³/mol. The summed E-state index contributed by atoms with van der Waals surface area (Å²) in [5.74, 6) is 0. The highest BCUT2D eigenvalue weighted by atomic mass is 35.5. The van der Waals surface area contributed by atoms with Gasteiger partial charge in [0.25, 0.3) is 0 Å². The molecule has 5 aromatic carbocycles. The molecule has 10 nitrogen and oxygen atoms in total. The summed E-state index contributed by atoms with van der Waals surface area (Å²) >= 11 is 12.3. The van der Waals surface area contributed by atoms with E-state index in [2.05, 4.69) is 185 Å². The van der Waals surface area contributed by atoms with Crippen molar-refractivity contribution in [2.45, 2.75) is 43.3 Å². The highest BCUT2D eigenvalue weighted by Crippen LogP contribution is 2.41. The van der Waals surface area contributed by atoms with Gasteiger partial charge in [-0.25, -0.2) is 9.97 Å². The van der Waals surface area contributed by atoms with Crippen LogP contribution in [0.2, 0.25) is 10.0 Å². The van der Waals surface area contributed by atoms with Gasteiger partial charge in [0.15, 0.2) is 0 Å².